The highest BCUT2D eigenvalue weighted by Crippen LogP contribution is 2.36. The van der Waals surface area contributed by atoms with Crippen molar-refractivity contribution >= 4 is 23.4 Å². The van der Waals surface area contributed by atoms with Crippen LogP contribution in [0.15, 0.2) is 23.1 Å². The van der Waals surface area contributed by atoms with Gasteiger partial charge in [0.1, 0.15) is 0 Å². The SMILES string of the molecule is NN[C@@H]1CCSc2ccc(Cl)cc21. The molecule has 1 aromatic carbocycles. The number of benzene rings is 1. The van der Waals surface area contributed by atoms with Gasteiger partial charge in [-0.25, -0.2) is 0 Å². The molecule has 1 heterocycles. The Bertz CT molecular complexity index is 316. The zero-order valence-electron chi connectivity index (χ0n) is 7.09. The van der Waals surface area contributed by atoms with Crippen molar-refractivity contribution in [2.24, 2.45) is 5.84 Å². The Morgan fingerprint density at radius 3 is 3.15 bits per heavy atom. The first-order chi connectivity index (χ1) is 6.31. The topological polar surface area (TPSA) is 38.0 Å². The Hall–Kier alpha value is -0.220. The van der Waals surface area contributed by atoms with Crippen LogP contribution in [0, 0.1) is 0 Å². The van der Waals surface area contributed by atoms with Crippen molar-refractivity contribution in [1.82, 2.24) is 5.43 Å². The second-order valence-electron chi connectivity index (χ2n) is 3.04. The first kappa shape index (κ1) is 9.34. The molecule has 70 valence electrons. The van der Waals surface area contributed by atoms with E-state index in [0.717, 1.165) is 17.2 Å². The van der Waals surface area contributed by atoms with Gasteiger partial charge in [0, 0.05) is 16.0 Å². The molecule has 13 heavy (non-hydrogen) atoms. The third kappa shape index (κ3) is 1.83. The van der Waals surface area contributed by atoms with Crippen molar-refractivity contribution in [3.63, 3.8) is 0 Å². The second-order valence-corrected chi connectivity index (χ2v) is 4.61. The molecular formula is C9H11ClN2S. The molecule has 1 atom stereocenters. The minimum atomic E-state index is 0.259. The second kappa shape index (κ2) is 3.88. The maximum absolute atomic E-state index is 5.92. The molecule has 0 amide bonds. The highest BCUT2D eigenvalue weighted by atomic mass is 35.5. The number of hydrogen-bond donors (Lipinski definition) is 2. The zero-order chi connectivity index (χ0) is 9.26. The predicted molar refractivity (Wildman–Crippen MR) is 56.9 cm³/mol. The summed E-state index contributed by atoms with van der Waals surface area (Å²) in [5, 5.41) is 0.779. The number of nitrogens with one attached hydrogen (secondary N) is 1. The molecule has 2 nitrogen and oxygen atoms in total. The van der Waals surface area contributed by atoms with Crippen molar-refractivity contribution in [3.05, 3.63) is 28.8 Å². The van der Waals surface area contributed by atoms with E-state index in [1.807, 2.05) is 23.9 Å². The fourth-order valence-electron chi connectivity index (χ4n) is 1.54. The molecule has 4 heteroatoms. The molecule has 0 aromatic heterocycles. The molecule has 0 saturated heterocycles. The third-order valence-electron chi connectivity index (χ3n) is 2.21. The summed E-state index contributed by atoms with van der Waals surface area (Å²) in [6.45, 7) is 0. The number of rotatable bonds is 1. The molecular weight excluding hydrogens is 204 g/mol. The van der Waals surface area contributed by atoms with E-state index in [1.54, 1.807) is 0 Å². The molecule has 0 unspecified atom stereocenters. The highest BCUT2D eigenvalue weighted by molar-refractivity contribution is 7.99. The Labute approximate surface area is 86.8 Å². The van der Waals surface area contributed by atoms with E-state index in [1.165, 1.54) is 10.5 Å². The molecule has 3 N–H and O–H groups in total. The lowest BCUT2D eigenvalue weighted by Crippen LogP contribution is -2.30. The maximum Gasteiger partial charge on any atom is 0.0479 e. The quantitative estimate of drug-likeness (QED) is 0.557. The van der Waals surface area contributed by atoms with Crippen LogP contribution < -0.4 is 11.3 Å². The van der Waals surface area contributed by atoms with Crippen LogP contribution in [0.4, 0.5) is 0 Å². The van der Waals surface area contributed by atoms with Gasteiger partial charge in [-0.3, -0.25) is 11.3 Å². The Kier molecular flexibility index (Phi) is 2.79. The largest absolute Gasteiger partial charge is 0.271 e. The molecule has 0 bridgehead atoms. The lowest BCUT2D eigenvalue weighted by atomic mass is 10.0. The highest BCUT2D eigenvalue weighted by Gasteiger charge is 2.19. The Morgan fingerprint density at radius 1 is 1.54 bits per heavy atom. The molecule has 0 aliphatic carbocycles. The molecule has 1 aliphatic heterocycles. The van der Waals surface area contributed by atoms with E-state index < -0.39 is 0 Å². The summed E-state index contributed by atoms with van der Waals surface area (Å²) in [6, 6.07) is 6.24. The summed E-state index contributed by atoms with van der Waals surface area (Å²) in [4.78, 5) is 1.29. The van der Waals surface area contributed by atoms with Crippen molar-refractivity contribution in [1.29, 1.82) is 0 Å². The van der Waals surface area contributed by atoms with Crippen molar-refractivity contribution < 1.29 is 0 Å². The van der Waals surface area contributed by atoms with Crippen LogP contribution in [-0.2, 0) is 0 Å². The van der Waals surface area contributed by atoms with Gasteiger partial charge in [-0.05, 0) is 35.9 Å². The molecule has 2 rings (SSSR count). The van der Waals surface area contributed by atoms with Crippen LogP contribution in [0.5, 0.6) is 0 Å². The van der Waals surface area contributed by atoms with Gasteiger partial charge in [0.15, 0.2) is 0 Å². The van der Waals surface area contributed by atoms with Crippen LogP contribution in [0.1, 0.15) is 18.0 Å². The van der Waals surface area contributed by atoms with E-state index in [9.17, 15) is 0 Å². The summed E-state index contributed by atoms with van der Waals surface area (Å²) in [5.74, 6) is 6.58. The molecule has 0 radical (unpaired) electrons. The van der Waals surface area contributed by atoms with Crippen LogP contribution in [0.2, 0.25) is 5.02 Å². The summed E-state index contributed by atoms with van der Waals surface area (Å²) < 4.78 is 0. The average Bonchev–Trinajstić information content (AvgIpc) is 2.17. The maximum atomic E-state index is 5.92. The van der Waals surface area contributed by atoms with Crippen LogP contribution >= 0.6 is 23.4 Å². The van der Waals surface area contributed by atoms with Gasteiger partial charge in [-0.2, -0.15) is 0 Å². The molecule has 0 spiro atoms. The Morgan fingerprint density at radius 2 is 2.38 bits per heavy atom. The van der Waals surface area contributed by atoms with Gasteiger partial charge in [0.05, 0.1) is 0 Å². The van der Waals surface area contributed by atoms with E-state index in [4.69, 9.17) is 17.4 Å². The van der Waals surface area contributed by atoms with Gasteiger partial charge in [-0.15, -0.1) is 11.8 Å². The Balaban J connectivity index is 2.41. The van der Waals surface area contributed by atoms with Crippen LogP contribution in [-0.4, -0.2) is 5.75 Å². The van der Waals surface area contributed by atoms with E-state index >= 15 is 0 Å². The van der Waals surface area contributed by atoms with Gasteiger partial charge in [-0.1, -0.05) is 11.6 Å². The number of nitrogens with two attached hydrogens (primary N) is 1. The lowest BCUT2D eigenvalue weighted by molar-refractivity contribution is 0.529. The fraction of sp³-hybridized carbons (Fsp3) is 0.333. The van der Waals surface area contributed by atoms with Crippen LogP contribution in [0.25, 0.3) is 0 Å². The summed E-state index contributed by atoms with van der Waals surface area (Å²) in [7, 11) is 0. The minimum absolute atomic E-state index is 0.259. The standard InChI is InChI=1S/C9H11ClN2S/c10-6-1-2-9-7(5-6)8(12-11)3-4-13-9/h1-2,5,8,12H,3-4,11H2/t8-/m1/s1. The van der Waals surface area contributed by atoms with Gasteiger partial charge in [0.2, 0.25) is 0 Å². The molecule has 0 fully saturated rings. The number of fused-ring (bicyclic) bond motifs is 1. The molecule has 0 saturated carbocycles. The fourth-order valence-corrected chi connectivity index (χ4v) is 2.82. The average molecular weight is 215 g/mol. The predicted octanol–water partition coefficient (Wildman–Crippen LogP) is 2.34. The summed E-state index contributed by atoms with van der Waals surface area (Å²) >= 11 is 7.78. The number of halogens is 1. The van der Waals surface area contributed by atoms with Crippen molar-refractivity contribution in [2.75, 3.05) is 5.75 Å². The zero-order valence-corrected chi connectivity index (χ0v) is 8.66. The third-order valence-corrected chi connectivity index (χ3v) is 3.57. The van der Waals surface area contributed by atoms with E-state index in [2.05, 4.69) is 11.5 Å². The number of hydrazine groups is 1. The number of hydrogen-bond acceptors (Lipinski definition) is 3. The van der Waals surface area contributed by atoms with E-state index in [-0.39, 0.29) is 6.04 Å². The van der Waals surface area contributed by atoms with Gasteiger partial charge >= 0.3 is 0 Å². The summed E-state index contributed by atoms with van der Waals surface area (Å²) in [5.41, 5.74) is 4.04. The first-order valence-corrected chi connectivity index (χ1v) is 5.56. The first-order valence-electron chi connectivity index (χ1n) is 4.19. The number of thioether (sulfide) groups is 1. The van der Waals surface area contributed by atoms with Gasteiger partial charge < -0.3 is 0 Å². The van der Waals surface area contributed by atoms with E-state index in [0.29, 0.717) is 0 Å². The van der Waals surface area contributed by atoms with Crippen molar-refractivity contribution in [2.45, 2.75) is 17.4 Å². The van der Waals surface area contributed by atoms with Gasteiger partial charge in [0.25, 0.3) is 0 Å². The van der Waals surface area contributed by atoms with Crippen molar-refractivity contribution in [3.8, 4) is 0 Å². The van der Waals surface area contributed by atoms with Crippen LogP contribution in [0.3, 0.4) is 0 Å². The monoisotopic (exact) mass is 214 g/mol. The summed E-state index contributed by atoms with van der Waals surface area (Å²) in [6.07, 6.45) is 1.06. The molecule has 1 aliphatic rings. The minimum Gasteiger partial charge on any atom is -0.271 e. The normalized spacial score (nSPS) is 21.2. The smallest absolute Gasteiger partial charge is 0.0479 e. The molecule has 1 aromatic rings. The lowest BCUT2D eigenvalue weighted by Gasteiger charge is -2.24.